The summed E-state index contributed by atoms with van der Waals surface area (Å²) >= 11 is 3.35. The van der Waals surface area contributed by atoms with Gasteiger partial charge in [-0.2, -0.15) is 5.26 Å². The minimum Gasteiger partial charge on any atom is -0.382 e. The fourth-order valence-electron chi connectivity index (χ4n) is 1.16. The minimum atomic E-state index is -0.482. The highest BCUT2D eigenvalue weighted by atomic mass is 79.9. The van der Waals surface area contributed by atoms with Crippen molar-refractivity contribution in [3.8, 4) is 6.07 Å². The molecule has 90 valence electrons. The van der Waals surface area contributed by atoms with Crippen molar-refractivity contribution in [1.29, 1.82) is 5.26 Å². The lowest BCUT2D eigenvalue weighted by atomic mass is 10.2. The number of carbonyl (C=O) groups is 1. The number of amides is 1. The summed E-state index contributed by atoms with van der Waals surface area (Å²) in [7, 11) is 0. The fourth-order valence-corrected chi connectivity index (χ4v) is 1.68. The van der Waals surface area contributed by atoms with Gasteiger partial charge in [0.05, 0.1) is 18.2 Å². The summed E-state index contributed by atoms with van der Waals surface area (Å²) in [6.45, 7) is 0.864. The van der Waals surface area contributed by atoms with Crippen LogP contribution in [0.1, 0.15) is 5.56 Å². The number of ether oxygens (including phenoxy) is 1. The maximum Gasteiger partial charge on any atom is 0.243 e. The van der Waals surface area contributed by atoms with Crippen LogP contribution in [-0.2, 0) is 9.53 Å². The Hall–Kier alpha value is -1.58. The van der Waals surface area contributed by atoms with Crippen molar-refractivity contribution in [2.75, 3.05) is 25.1 Å². The highest BCUT2D eigenvalue weighted by Gasteiger charge is 2.00. The van der Waals surface area contributed by atoms with E-state index in [1.807, 2.05) is 0 Å². The number of anilines is 1. The Labute approximate surface area is 108 Å². The van der Waals surface area contributed by atoms with E-state index < -0.39 is 5.91 Å². The fraction of sp³-hybridized carbons (Fsp3) is 0.273. The molecule has 0 saturated heterocycles. The molecular formula is C11H12BrN3O2. The summed E-state index contributed by atoms with van der Waals surface area (Å²) < 4.78 is 5.81. The van der Waals surface area contributed by atoms with Crippen molar-refractivity contribution in [2.24, 2.45) is 5.73 Å². The molecular weight excluding hydrogens is 286 g/mol. The topological polar surface area (TPSA) is 88.1 Å². The number of hydrogen-bond donors (Lipinski definition) is 2. The summed E-state index contributed by atoms with van der Waals surface area (Å²) in [5, 5.41) is 11.8. The molecule has 0 radical (unpaired) electrons. The number of carbonyl (C=O) groups excluding carboxylic acids is 1. The van der Waals surface area contributed by atoms with E-state index in [-0.39, 0.29) is 6.61 Å². The first kappa shape index (κ1) is 13.5. The van der Waals surface area contributed by atoms with Crippen LogP contribution in [0.5, 0.6) is 0 Å². The number of nitrogens with two attached hydrogens (primary N) is 1. The van der Waals surface area contributed by atoms with Gasteiger partial charge >= 0.3 is 0 Å². The van der Waals surface area contributed by atoms with Gasteiger partial charge in [0, 0.05) is 16.7 Å². The van der Waals surface area contributed by atoms with Crippen LogP contribution in [0.2, 0.25) is 0 Å². The van der Waals surface area contributed by atoms with Crippen LogP contribution >= 0.6 is 15.9 Å². The van der Waals surface area contributed by atoms with E-state index in [1.165, 1.54) is 0 Å². The Morgan fingerprint density at radius 1 is 1.59 bits per heavy atom. The van der Waals surface area contributed by atoms with E-state index in [9.17, 15) is 4.79 Å². The van der Waals surface area contributed by atoms with Crippen molar-refractivity contribution in [3.63, 3.8) is 0 Å². The number of hydrogen-bond acceptors (Lipinski definition) is 4. The third kappa shape index (κ3) is 4.85. The quantitative estimate of drug-likeness (QED) is 0.773. The number of nitrogens with zero attached hydrogens (tertiary/aromatic N) is 1. The van der Waals surface area contributed by atoms with Crippen molar-refractivity contribution in [2.45, 2.75) is 0 Å². The Morgan fingerprint density at radius 2 is 2.35 bits per heavy atom. The van der Waals surface area contributed by atoms with Crippen LogP contribution in [0.15, 0.2) is 22.7 Å². The van der Waals surface area contributed by atoms with Crippen LogP contribution in [0.25, 0.3) is 0 Å². The normalized spacial score (nSPS) is 9.65. The molecule has 17 heavy (non-hydrogen) atoms. The Kier molecular flexibility index (Phi) is 5.46. The van der Waals surface area contributed by atoms with Gasteiger partial charge in [-0.05, 0) is 34.1 Å². The van der Waals surface area contributed by atoms with Gasteiger partial charge in [0.1, 0.15) is 6.61 Å². The van der Waals surface area contributed by atoms with Gasteiger partial charge in [0.25, 0.3) is 0 Å². The van der Waals surface area contributed by atoms with Crippen molar-refractivity contribution >= 4 is 27.5 Å². The lowest BCUT2D eigenvalue weighted by molar-refractivity contribution is -0.122. The van der Waals surface area contributed by atoms with Crippen LogP contribution < -0.4 is 11.1 Å². The second-order valence-corrected chi connectivity index (χ2v) is 4.11. The van der Waals surface area contributed by atoms with Crippen molar-refractivity contribution in [3.05, 3.63) is 28.2 Å². The molecule has 5 nitrogen and oxygen atoms in total. The number of nitriles is 1. The number of rotatable bonds is 6. The van der Waals surface area contributed by atoms with E-state index >= 15 is 0 Å². The third-order valence-corrected chi connectivity index (χ3v) is 2.56. The molecule has 1 rings (SSSR count). The first-order chi connectivity index (χ1) is 8.13. The van der Waals surface area contributed by atoms with Gasteiger partial charge in [-0.1, -0.05) is 0 Å². The van der Waals surface area contributed by atoms with Crippen LogP contribution in [0.4, 0.5) is 5.69 Å². The summed E-state index contributed by atoms with van der Waals surface area (Å²) in [6, 6.07) is 7.30. The van der Waals surface area contributed by atoms with Gasteiger partial charge < -0.3 is 15.8 Å². The molecule has 0 spiro atoms. The smallest absolute Gasteiger partial charge is 0.243 e. The predicted octanol–water partition coefficient (Wildman–Crippen LogP) is 1.23. The largest absolute Gasteiger partial charge is 0.382 e. The first-order valence-corrected chi connectivity index (χ1v) is 5.72. The molecule has 0 fully saturated rings. The second-order valence-electron chi connectivity index (χ2n) is 3.25. The Morgan fingerprint density at radius 3 is 2.94 bits per heavy atom. The van der Waals surface area contributed by atoms with E-state index in [0.717, 1.165) is 10.2 Å². The standard InChI is InChI=1S/C11H12BrN3O2/c12-9-5-8(6-13)1-2-10(9)15-3-4-17-7-11(14)16/h1-2,5,15H,3-4,7H2,(H2,14,16). The summed E-state index contributed by atoms with van der Waals surface area (Å²) in [6.07, 6.45) is 0. The van der Waals surface area contributed by atoms with Crippen LogP contribution in [0.3, 0.4) is 0 Å². The zero-order valence-electron chi connectivity index (χ0n) is 9.07. The molecule has 3 N–H and O–H groups in total. The van der Waals surface area contributed by atoms with Crippen molar-refractivity contribution < 1.29 is 9.53 Å². The molecule has 1 aromatic carbocycles. The highest BCUT2D eigenvalue weighted by molar-refractivity contribution is 9.10. The zero-order chi connectivity index (χ0) is 12.7. The van der Waals surface area contributed by atoms with E-state index in [2.05, 4.69) is 27.3 Å². The molecule has 0 bridgehead atoms. The maximum atomic E-state index is 10.4. The second kappa shape index (κ2) is 6.89. The van der Waals surface area contributed by atoms with Crippen molar-refractivity contribution in [1.82, 2.24) is 0 Å². The lowest BCUT2D eigenvalue weighted by Crippen LogP contribution is -2.20. The first-order valence-electron chi connectivity index (χ1n) is 4.93. The average molecular weight is 298 g/mol. The molecule has 0 aliphatic carbocycles. The van der Waals surface area contributed by atoms with Crippen LogP contribution in [-0.4, -0.2) is 25.7 Å². The van der Waals surface area contributed by atoms with Gasteiger partial charge in [-0.15, -0.1) is 0 Å². The SMILES string of the molecule is N#Cc1ccc(NCCOCC(N)=O)c(Br)c1. The summed E-state index contributed by atoms with van der Waals surface area (Å²) in [5.41, 5.74) is 6.38. The molecule has 0 heterocycles. The average Bonchev–Trinajstić information content (AvgIpc) is 2.30. The number of benzene rings is 1. The molecule has 0 aromatic heterocycles. The van der Waals surface area contributed by atoms with Crippen LogP contribution in [0, 0.1) is 11.3 Å². The van der Waals surface area contributed by atoms with Gasteiger partial charge in [-0.3, -0.25) is 4.79 Å². The third-order valence-electron chi connectivity index (χ3n) is 1.90. The maximum absolute atomic E-state index is 10.4. The predicted molar refractivity (Wildman–Crippen MR) is 67.4 cm³/mol. The van der Waals surface area contributed by atoms with Gasteiger partial charge in [-0.25, -0.2) is 0 Å². The minimum absolute atomic E-state index is 0.0732. The van der Waals surface area contributed by atoms with E-state index in [1.54, 1.807) is 18.2 Å². The molecule has 6 heteroatoms. The zero-order valence-corrected chi connectivity index (χ0v) is 10.7. The molecule has 0 unspecified atom stereocenters. The Bertz CT molecular complexity index is 443. The van der Waals surface area contributed by atoms with Gasteiger partial charge in [0.15, 0.2) is 0 Å². The Balaban J connectivity index is 2.37. The summed E-state index contributed by atoms with van der Waals surface area (Å²) in [4.78, 5) is 10.4. The number of nitrogens with one attached hydrogen (secondary N) is 1. The number of halogens is 1. The molecule has 0 saturated carbocycles. The molecule has 0 aliphatic heterocycles. The van der Waals surface area contributed by atoms with Gasteiger partial charge in [0.2, 0.25) is 5.91 Å². The van der Waals surface area contributed by atoms with E-state index in [0.29, 0.717) is 18.7 Å². The number of primary amides is 1. The molecule has 1 amide bonds. The van der Waals surface area contributed by atoms with E-state index in [4.69, 9.17) is 15.7 Å². The summed E-state index contributed by atoms with van der Waals surface area (Å²) in [5.74, 6) is -0.482. The molecule has 0 atom stereocenters. The monoisotopic (exact) mass is 297 g/mol. The molecule has 1 aromatic rings. The lowest BCUT2D eigenvalue weighted by Gasteiger charge is -2.08. The molecule has 0 aliphatic rings. The highest BCUT2D eigenvalue weighted by Crippen LogP contribution is 2.22.